The number of rotatable bonds is 2. The summed E-state index contributed by atoms with van der Waals surface area (Å²) in [6, 6.07) is 2.86. The summed E-state index contributed by atoms with van der Waals surface area (Å²) >= 11 is 0. The molecule has 106 valence electrons. The highest BCUT2D eigenvalue weighted by molar-refractivity contribution is 5.96. The van der Waals surface area contributed by atoms with Gasteiger partial charge in [0.05, 0.1) is 11.5 Å². The zero-order valence-electron chi connectivity index (χ0n) is 10.6. The van der Waals surface area contributed by atoms with Gasteiger partial charge in [-0.2, -0.15) is 0 Å². The van der Waals surface area contributed by atoms with Gasteiger partial charge in [0.15, 0.2) is 11.6 Å². The van der Waals surface area contributed by atoms with Crippen LogP contribution in [0.5, 0.6) is 0 Å². The van der Waals surface area contributed by atoms with Crippen LogP contribution in [-0.2, 0) is 4.79 Å². The van der Waals surface area contributed by atoms with Crippen molar-refractivity contribution in [1.29, 1.82) is 0 Å². The van der Waals surface area contributed by atoms with Crippen LogP contribution in [0.4, 0.5) is 8.78 Å². The van der Waals surface area contributed by atoms with Gasteiger partial charge in [-0.25, -0.2) is 8.78 Å². The third-order valence-electron chi connectivity index (χ3n) is 4.27. The molecule has 2 aliphatic heterocycles. The van der Waals surface area contributed by atoms with Crippen molar-refractivity contribution in [3.05, 3.63) is 35.4 Å². The number of halogens is 2. The Morgan fingerprint density at radius 2 is 2.00 bits per heavy atom. The summed E-state index contributed by atoms with van der Waals surface area (Å²) in [5.74, 6) is -4.39. The number of nitrogens with zero attached hydrogens (tertiary/aromatic N) is 1. The lowest BCUT2D eigenvalue weighted by Crippen LogP contribution is -2.38. The lowest BCUT2D eigenvalue weighted by atomic mass is 9.89. The molecule has 0 saturated carbocycles. The summed E-state index contributed by atoms with van der Waals surface area (Å²) in [6.45, 7) is 0. The summed E-state index contributed by atoms with van der Waals surface area (Å²) < 4.78 is 26.9. The molecule has 0 radical (unpaired) electrons. The number of fused-ring (bicyclic) bond motifs is 2. The molecule has 0 aliphatic carbocycles. The Hall–Kier alpha value is -1.98. The Bertz CT molecular complexity index is 590. The molecule has 2 bridgehead atoms. The van der Waals surface area contributed by atoms with E-state index in [0.29, 0.717) is 12.8 Å². The number of amides is 1. The second-order valence-corrected chi connectivity index (χ2v) is 5.29. The first-order valence-electron chi connectivity index (χ1n) is 6.50. The average molecular weight is 281 g/mol. The van der Waals surface area contributed by atoms with Gasteiger partial charge in [0, 0.05) is 12.1 Å². The van der Waals surface area contributed by atoms with Crippen molar-refractivity contribution in [1.82, 2.24) is 4.90 Å². The summed E-state index contributed by atoms with van der Waals surface area (Å²) in [5.41, 5.74) is -0.326. The van der Waals surface area contributed by atoms with Gasteiger partial charge in [0.2, 0.25) is 0 Å². The van der Waals surface area contributed by atoms with E-state index in [1.54, 1.807) is 0 Å². The summed E-state index contributed by atoms with van der Waals surface area (Å²) in [6.07, 6.45) is 1.71. The monoisotopic (exact) mass is 281 g/mol. The molecule has 20 heavy (non-hydrogen) atoms. The van der Waals surface area contributed by atoms with Gasteiger partial charge in [-0.3, -0.25) is 9.59 Å². The predicted octanol–water partition coefficient (Wildman–Crippen LogP) is 2.04. The highest BCUT2D eigenvalue weighted by Crippen LogP contribution is 2.42. The first-order chi connectivity index (χ1) is 9.50. The first kappa shape index (κ1) is 13.0. The molecular weight excluding hydrogens is 268 g/mol. The molecule has 0 aromatic heterocycles. The average Bonchev–Trinajstić information content (AvgIpc) is 2.98. The van der Waals surface area contributed by atoms with E-state index in [0.717, 1.165) is 12.5 Å². The minimum atomic E-state index is -1.17. The van der Waals surface area contributed by atoms with E-state index in [-0.39, 0.29) is 11.6 Å². The number of carboxylic acid groups (broad SMARTS) is 1. The van der Waals surface area contributed by atoms with E-state index < -0.39 is 35.5 Å². The van der Waals surface area contributed by atoms with Gasteiger partial charge in [-0.05, 0) is 31.4 Å². The van der Waals surface area contributed by atoms with Crippen molar-refractivity contribution in [3.63, 3.8) is 0 Å². The number of hydrogen-bond donors (Lipinski definition) is 1. The molecule has 1 aromatic rings. The van der Waals surface area contributed by atoms with Crippen LogP contribution >= 0.6 is 0 Å². The Morgan fingerprint density at radius 3 is 2.65 bits per heavy atom. The molecule has 1 amide bonds. The maximum Gasteiger partial charge on any atom is 0.308 e. The topological polar surface area (TPSA) is 57.6 Å². The first-order valence-corrected chi connectivity index (χ1v) is 6.50. The van der Waals surface area contributed by atoms with Gasteiger partial charge in [-0.15, -0.1) is 0 Å². The van der Waals surface area contributed by atoms with Gasteiger partial charge in [0.1, 0.15) is 0 Å². The standard InChI is InChI=1S/C14H13F2NO3/c15-10-3-1-2-8(12(10)16)13(18)17-7-4-5-11(17)9(6-7)14(19)20/h1-3,7,9,11H,4-6H2,(H,19,20). The molecule has 4 nitrogen and oxygen atoms in total. The van der Waals surface area contributed by atoms with Crippen LogP contribution in [0.1, 0.15) is 29.6 Å². The number of hydrogen-bond acceptors (Lipinski definition) is 2. The maximum absolute atomic E-state index is 13.7. The van der Waals surface area contributed by atoms with E-state index in [9.17, 15) is 18.4 Å². The van der Waals surface area contributed by atoms with E-state index in [4.69, 9.17) is 5.11 Å². The smallest absolute Gasteiger partial charge is 0.308 e. The Labute approximate surface area is 114 Å². The van der Waals surface area contributed by atoms with E-state index in [1.807, 2.05) is 0 Å². The van der Waals surface area contributed by atoms with Crippen LogP contribution in [0.2, 0.25) is 0 Å². The summed E-state index contributed by atoms with van der Waals surface area (Å²) in [7, 11) is 0. The van der Waals surface area contributed by atoms with Crippen molar-refractivity contribution in [2.24, 2.45) is 5.92 Å². The molecule has 3 unspecified atom stereocenters. The zero-order chi connectivity index (χ0) is 14.4. The van der Waals surface area contributed by atoms with Gasteiger partial charge >= 0.3 is 5.97 Å². The minimum Gasteiger partial charge on any atom is -0.481 e. The quantitative estimate of drug-likeness (QED) is 0.902. The fourth-order valence-corrected chi connectivity index (χ4v) is 3.38. The predicted molar refractivity (Wildman–Crippen MR) is 65.1 cm³/mol. The van der Waals surface area contributed by atoms with Gasteiger partial charge in [0.25, 0.3) is 5.91 Å². The van der Waals surface area contributed by atoms with Crippen LogP contribution in [0, 0.1) is 17.6 Å². The fourth-order valence-electron chi connectivity index (χ4n) is 3.38. The summed E-state index contributed by atoms with van der Waals surface area (Å²) in [5, 5.41) is 9.13. The molecule has 1 N–H and O–H groups in total. The molecule has 3 atom stereocenters. The molecule has 2 aliphatic rings. The highest BCUT2D eigenvalue weighted by atomic mass is 19.2. The highest BCUT2D eigenvalue weighted by Gasteiger charge is 2.51. The molecule has 0 spiro atoms. The maximum atomic E-state index is 13.7. The van der Waals surface area contributed by atoms with Crippen LogP contribution < -0.4 is 0 Å². The largest absolute Gasteiger partial charge is 0.481 e. The van der Waals surface area contributed by atoms with E-state index in [1.165, 1.54) is 17.0 Å². The number of carboxylic acids is 1. The summed E-state index contributed by atoms with van der Waals surface area (Å²) in [4.78, 5) is 24.9. The van der Waals surface area contributed by atoms with Crippen molar-refractivity contribution >= 4 is 11.9 Å². The Balaban J connectivity index is 1.92. The Kier molecular flexibility index (Phi) is 2.96. The lowest BCUT2D eigenvalue weighted by molar-refractivity contribution is -0.142. The minimum absolute atomic E-state index is 0.184. The number of aliphatic carboxylic acids is 1. The lowest BCUT2D eigenvalue weighted by Gasteiger charge is -2.23. The molecule has 2 saturated heterocycles. The molecule has 1 aromatic carbocycles. The second-order valence-electron chi connectivity index (χ2n) is 5.29. The van der Waals surface area contributed by atoms with Gasteiger partial charge < -0.3 is 10.0 Å². The molecule has 2 heterocycles. The Morgan fingerprint density at radius 1 is 1.25 bits per heavy atom. The fraction of sp³-hybridized carbons (Fsp3) is 0.429. The number of benzene rings is 1. The second kappa shape index (κ2) is 4.54. The van der Waals surface area contributed by atoms with Crippen LogP contribution in [0.15, 0.2) is 18.2 Å². The van der Waals surface area contributed by atoms with E-state index >= 15 is 0 Å². The number of carbonyl (C=O) groups excluding carboxylic acids is 1. The van der Waals surface area contributed by atoms with Gasteiger partial charge in [-0.1, -0.05) is 6.07 Å². The normalized spacial score (nSPS) is 27.9. The van der Waals surface area contributed by atoms with Crippen LogP contribution in [-0.4, -0.2) is 34.0 Å². The molecule has 2 fully saturated rings. The molecule has 3 rings (SSSR count). The molecular formula is C14H13F2NO3. The van der Waals surface area contributed by atoms with Crippen LogP contribution in [0.25, 0.3) is 0 Å². The third-order valence-corrected chi connectivity index (χ3v) is 4.27. The van der Waals surface area contributed by atoms with E-state index in [2.05, 4.69) is 0 Å². The van der Waals surface area contributed by atoms with Crippen molar-refractivity contribution in [2.45, 2.75) is 31.3 Å². The zero-order valence-corrected chi connectivity index (χ0v) is 10.6. The van der Waals surface area contributed by atoms with Crippen molar-refractivity contribution in [2.75, 3.05) is 0 Å². The number of carbonyl (C=O) groups is 2. The third kappa shape index (κ3) is 1.78. The van der Waals surface area contributed by atoms with Crippen LogP contribution in [0.3, 0.4) is 0 Å². The van der Waals surface area contributed by atoms with Crippen molar-refractivity contribution in [3.8, 4) is 0 Å². The SMILES string of the molecule is O=C(O)C1CC2CCC1N2C(=O)c1cccc(F)c1F. The van der Waals surface area contributed by atoms with Crippen molar-refractivity contribution < 1.29 is 23.5 Å². The molecule has 6 heteroatoms.